The van der Waals surface area contributed by atoms with Crippen molar-refractivity contribution in [2.24, 2.45) is 5.92 Å². The van der Waals surface area contributed by atoms with Crippen LogP contribution in [0, 0.1) is 11.7 Å². The molecule has 2 atom stereocenters. The summed E-state index contributed by atoms with van der Waals surface area (Å²) in [7, 11) is 0. The molecule has 0 bridgehead atoms. The van der Waals surface area contributed by atoms with E-state index in [-0.39, 0.29) is 11.6 Å². The number of fused-ring (bicyclic) bond motifs is 1. The van der Waals surface area contributed by atoms with Crippen molar-refractivity contribution < 1.29 is 19.1 Å². The highest BCUT2D eigenvalue weighted by Crippen LogP contribution is 2.11. The Morgan fingerprint density at radius 2 is 2.14 bits per heavy atom. The minimum atomic E-state index is -1.09. The topological polar surface area (TPSA) is 83.7 Å². The van der Waals surface area contributed by atoms with E-state index in [1.54, 1.807) is 6.92 Å². The number of carbonyl (C=O) groups is 2. The van der Waals surface area contributed by atoms with Gasteiger partial charge in [-0.05, 0) is 18.1 Å². The van der Waals surface area contributed by atoms with Crippen LogP contribution in [0.1, 0.15) is 30.8 Å². The molecule has 2 rings (SSSR count). The Morgan fingerprint density at radius 1 is 1.43 bits per heavy atom. The number of pyridine rings is 1. The number of aromatic nitrogens is 2. The summed E-state index contributed by atoms with van der Waals surface area (Å²) >= 11 is 0. The number of carbonyl (C=O) groups excluding carboxylic acids is 1. The van der Waals surface area contributed by atoms with Gasteiger partial charge < -0.3 is 14.8 Å². The lowest BCUT2D eigenvalue weighted by Gasteiger charge is -2.19. The summed E-state index contributed by atoms with van der Waals surface area (Å²) in [6.45, 7) is 3.60. The molecule has 1 amide bonds. The normalized spacial score (nSPS) is 13.9. The van der Waals surface area contributed by atoms with E-state index in [4.69, 9.17) is 5.11 Å². The Bertz CT molecular complexity index is 683. The van der Waals surface area contributed by atoms with Crippen molar-refractivity contribution in [3.8, 4) is 0 Å². The zero-order chi connectivity index (χ0) is 15.6. The number of nitrogens with zero attached hydrogens (tertiary/aromatic N) is 2. The third-order valence-corrected chi connectivity index (χ3v) is 3.41. The highest BCUT2D eigenvalue weighted by atomic mass is 19.1. The molecule has 0 aliphatic rings. The fraction of sp³-hybridized carbons (Fsp3) is 0.357. The molecule has 7 heteroatoms. The largest absolute Gasteiger partial charge is 0.480 e. The van der Waals surface area contributed by atoms with E-state index < -0.39 is 23.7 Å². The summed E-state index contributed by atoms with van der Waals surface area (Å²) in [5, 5.41) is 11.6. The van der Waals surface area contributed by atoms with Crippen molar-refractivity contribution in [3.05, 3.63) is 36.0 Å². The molecule has 0 spiro atoms. The van der Waals surface area contributed by atoms with E-state index in [2.05, 4.69) is 10.3 Å². The van der Waals surface area contributed by atoms with Crippen molar-refractivity contribution in [2.45, 2.75) is 26.3 Å². The van der Waals surface area contributed by atoms with Crippen LogP contribution in [0.25, 0.3) is 5.65 Å². The molecule has 2 N–H and O–H groups in total. The lowest BCUT2D eigenvalue weighted by atomic mass is 9.99. The Balaban J connectivity index is 2.23. The average Bonchev–Trinajstić information content (AvgIpc) is 2.86. The van der Waals surface area contributed by atoms with Gasteiger partial charge in [-0.2, -0.15) is 0 Å². The average molecular weight is 293 g/mol. The van der Waals surface area contributed by atoms with Gasteiger partial charge in [0, 0.05) is 12.4 Å². The molecule has 6 nitrogen and oxygen atoms in total. The van der Waals surface area contributed by atoms with Crippen molar-refractivity contribution in [1.82, 2.24) is 14.7 Å². The molecular formula is C14H16FN3O3. The third kappa shape index (κ3) is 3.18. The van der Waals surface area contributed by atoms with Gasteiger partial charge in [-0.1, -0.05) is 20.3 Å². The van der Waals surface area contributed by atoms with Crippen LogP contribution in [0.2, 0.25) is 0 Å². The SMILES string of the molecule is CCC(C)C(NC(=O)c1cn2cc(F)ccc2n1)C(=O)O. The maximum Gasteiger partial charge on any atom is 0.326 e. The first kappa shape index (κ1) is 15.0. The number of aliphatic carboxylic acids is 1. The second kappa shape index (κ2) is 5.90. The van der Waals surface area contributed by atoms with Gasteiger partial charge in [0.25, 0.3) is 5.91 Å². The lowest BCUT2D eigenvalue weighted by molar-refractivity contribution is -0.140. The van der Waals surface area contributed by atoms with Crippen LogP contribution in [0.4, 0.5) is 4.39 Å². The maximum atomic E-state index is 13.1. The van der Waals surface area contributed by atoms with Crippen LogP contribution in [0.3, 0.4) is 0 Å². The van der Waals surface area contributed by atoms with E-state index in [0.29, 0.717) is 12.1 Å². The number of amides is 1. The molecule has 0 aromatic carbocycles. The smallest absolute Gasteiger partial charge is 0.326 e. The third-order valence-electron chi connectivity index (χ3n) is 3.41. The molecule has 0 saturated carbocycles. The fourth-order valence-corrected chi connectivity index (χ4v) is 1.97. The van der Waals surface area contributed by atoms with Crippen LogP contribution in [0.15, 0.2) is 24.5 Å². The van der Waals surface area contributed by atoms with Crippen LogP contribution in [-0.2, 0) is 4.79 Å². The van der Waals surface area contributed by atoms with Gasteiger partial charge in [-0.25, -0.2) is 14.2 Å². The summed E-state index contributed by atoms with van der Waals surface area (Å²) in [5.74, 6) is -2.34. The van der Waals surface area contributed by atoms with Gasteiger partial charge in [-0.3, -0.25) is 4.79 Å². The molecule has 21 heavy (non-hydrogen) atoms. The van der Waals surface area contributed by atoms with Gasteiger partial charge in [0.15, 0.2) is 0 Å². The van der Waals surface area contributed by atoms with Crippen molar-refractivity contribution in [1.29, 1.82) is 0 Å². The zero-order valence-corrected chi connectivity index (χ0v) is 11.7. The Morgan fingerprint density at radius 3 is 2.76 bits per heavy atom. The van der Waals surface area contributed by atoms with E-state index in [1.807, 2.05) is 6.92 Å². The van der Waals surface area contributed by atoms with Gasteiger partial charge in [0.1, 0.15) is 23.2 Å². The highest BCUT2D eigenvalue weighted by molar-refractivity contribution is 5.95. The van der Waals surface area contributed by atoms with Gasteiger partial charge in [-0.15, -0.1) is 0 Å². The number of hydrogen-bond acceptors (Lipinski definition) is 3. The number of hydrogen-bond donors (Lipinski definition) is 2. The first-order chi connectivity index (χ1) is 9.92. The summed E-state index contributed by atoms with van der Waals surface area (Å²) < 4.78 is 14.5. The van der Waals surface area contributed by atoms with Crippen LogP contribution in [0.5, 0.6) is 0 Å². The number of halogens is 1. The van der Waals surface area contributed by atoms with Crippen molar-refractivity contribution in [2.75, 3.05) is 0 Å². The van der Waals surface area contributed by atoms with Crippen LogP contribution >= 0.6 is 0 Å². The number of carboxylic acids is 1. The van der Waals surface area contributed by atoms with Gasteiger partial charge in [0.2, 0.25) is 0 Å². The minimum Gasteiger partial charge on any atom is -0.480 e. The Kier molecular flexibility index (Phi) is 4.21. The predicted molar refractivity (Wildman–Crippen MR) is 73.5 cm³/mol. The first-order valence-electron chi connectivity index (χ1n) is 6.60. The maximum absolute atomic E-state index is 13.1. The summed E-state index contributed by atoms with van der Waals surface area (Å²) in [6, 6.07) is 1.70. The molecule has 0 radical (unpaired) electrons. The summed E-state index contributed by atoms with van der Waals surface area (Å²) in [4.78, 5) is 27.3. The van der Waals surface area contributed by atoms with Crippen LogP contribution in [-0.4, -0.2) is 32.4 Å². The Labute approximate surface area is 120 Å². The summed E-state index contributed by atoms with van der Waals surface area (Å²) in [5.41, 5.74) is 0.465. The monoisotopic (exact) mass is 293 g/mol. The van der Waals surface area contributed by atoms with E-state index in [1.165, 1.54) is 28.9 Å². The zero-order valence-electron chi connectivity index (χ0n) is 11.7. The quantitative estimate of drug-likeness (QED) is 0.879. The molecule has 2 aromatic heterocycles. The molecule has 0 fully saturated rings. The number of nitrogens with one attached hydrogen (secondary N) is 1. The minimum absolute atomic E-state index is 0.0511. The predicted octanol–water partition coefficient (Wildman–Crippen LogP) is 1.70. The number of carboxylic acid groups (broad SMARTS) is 1. The van der Waals surface area contributed by atoms with Crippen molar-refractivity contribution in [3.63, 3.8) is 0 Å². The van der Waals surface area contributed by atoms with Gasteiger partial charge in [0.05, 0.1) is 0 Å². The number of imidazole rings is 1. The molecule has 2 heterocycles. The summed E-state index contributed by atoms with van der Waals surface area (Å²) in [6.07, 6.45) is 3.18. The van der Waals surface area contributed by atoms with Crippen molar-refractivity contribution >= 4 is 17.5 Å². The van der Waals surface area contributed by atoms with E-state index in [0.717, 1.165) is 0 Å². The molecular weight excluding hydrogens is 277 g/mol. The highest BCUT2D eigenvalue weighted by Gasteiger charge is 2.26. The molecule has 0 saturated heterocycles. The standard InChI is InChI=1S/C14H16FN3O3/c1-3-8(2)12(14(20)21)17-13(19)10-7-18-6-9(15)4-5-11(18)16-10/h4-8,12H,3H2,1-2H3,(H,17,19)(H,20,21). The fourth-order valence-electron chi connectivity index (χ4n) is 1.97. The van der Waals surface area contributed by atoms with Crippen LogP contribution < -0.4 is 5.32 Å². The second-order valence-corrected chi connectivity index (χ2v) is 4.91. The molecule has 2 aromatic rings. The molecule has 2 unspecified atom stereocenters. The molecule has 0 aliphatic heterocycles. The molecule has 0 aliphatic carbocycles. The number of rotatable bonds is 5. The Hall–Kier alpha value is -2.44. The van der Waals surface area contributed by atoms with E-state index in [9.17, 15) is 14.0 Å². The first-order valence-corrected chi connectivity index (χ1v) is 6.60. The van der Waals surface area contributed by atoms with Gasteiger partial charge >= 0.3 is 5.97 Å². The molecule has 112 valence electrons. The van der Waals surface area contributed by atoms with E-state index >= 15 is 0 Å². The second-order valence-electron chi connectivity index (χ2n) is 4.91. The lowest BCUT2D eigenvalue weighted by Crippen LogP contribution is -2.45.